The SMILES string of the molecule is CCCCCCCC(CCCCCCC)N1CC2(CCN(CCCCCCC)CC2)C1. The summed E-state index contributed by atoms with van der Waals surface area (Å²) in [6, 6.07) is 0.894. The van der Waals surface area contributed by atoms with E-state index in [9.17, 15) is 0 Å². The molecule has 0 saturated carbocycles. The monoisotopic (exact) mass is 434 g/mol. The van der Waals surface area contributed by atoms with Crippen LogP contribution in [0.5, 0.6) is 0 Å². The highest BCUT2D eigenvalue weighted by Crippen LogP contribution is 2.42. The summed E-state index contributed by atoms with van der Waals surface area (Å²) in [5.41, 5.74) is 0.696. The number of hydrogen-bond donors (Lipinski definition) is 0. The van der Waals surface area contributed by atoms with Crippen LogP contribution in [-0.4, -0.2) is 48.6 Å². The minimum Gasteiger partial charge on any atom is -0.303 e. The van der Waals surface area contributed by atoms with E-state index in [0.29, 0.717) is 5.41 Å². The predicted molar refractivity (Wildman–Crippen MR) is 139 cm³/mol. The molecule has 0 bridgehead atoms. The third kappa shape index (κ3) is 10.6. The van der Waals surface area contributed by atoms with Crippen molar-refractivity contribution in [3.8, 4) is 0 Å². The molecule has 184 valence electrons. The van der Waals surface area contributed by atoms with Gasteiger partial charge < -0.3 is 4.90 Å². The second-order valence-corrected chi connectivity index (χ2v) is 11.2. The molecule has 0 radical (unpaired) electrons. The topological polar surface area (TPSA) is 6.48 Å². The van der Waals surface area contributed by atoms with E-state index in [4.69, 9.17) is 0 Å². The van der Waals surface area contributed by atoms with Crippen molar-refractivity contribution in [2.24, 2.45) is 5.41 Å². The van der Waals surface area contributed by atoms with Crippen LogP contribution in [0.15, 0.2) is 0 Å². The fourth-order valence-electron chi connectivity index (χ4n) is 6.06. The summed E-state index contributed by atoms with van der Waals surface area (Å²) >= 11 is 0. The van der Waals surface area contributed by atoms with Crippen LogP contribution in [0.4, 0.5) is 0 Å². The summed E-state index contributed by atoms with van der Waals surface area (Å²) in [6.07, 6.45) is 27.4. The van der Waals surface area contributed by atoms with Crippen LogP contribution in [0, 0.1) is 5.41 Å². The van der Waals surface area contributed by atoms with Gasteiger partial charge in [0.1, 0.15) is 0 Å². The Morgan fingerprint density at radius 1 is 0.581 bits per heavy atom. The summed E-state index contributed by atoms with van der Waals surface area (Å²) in [5.74, 6) is 0. The van der Waals surface area contributed by atoms with Crippen molar-refractivity contribution in [1.82, 2.24) is 9.80 Å². The maximum Gasteiger partial charge on any atom is 0.00957 e. The van der Waals surface area contributed by atoms with Crippen molar-refractivity contribution < 1.29 is 0 Å². The number of unbranched alkanes of at least 4 members (excludes halogenated alkanes) is 12. The van der Waals surface area contributed by atoms with Crippen molar-refractivity contribution in [2.45, 2.75) is 149 Å². The lowest BCUT2D eigenvalue weighted by Gasteiger charge is -2.57. The summed E-state index contributed by atoms with van der Waals surface area (Å²) in [5, 5.41) is 0. The molecular formula is C29H58N2. The van der Waals surface area contributed by atoms with E-state index in [2.05, 4.69) is 30.6 Å². The van der Waals surface area contributed by atoms with Crippen molar-refractivity contribution in [2.75, 3.05) is 32.7 Å². The molecule has 2 fully saturated rings. The van der Waals surface area contributed by atoms with Gasteiger partial charge in [0.05, 0.1) is 0 Å². The molecule has 0 amide bonds. The zero-order chi connectivity index (χ0) is 22.2. The molecule has 2 saturated heterocycles. The van der Waals surface area contributed by atoms with Gasteiger partial charge in [-0.25, -0.2) is 0 Å². The standard InChI is InChI=1S/C29H58N2/c1-4-7-10-13-16-19-28(20-17-14-11-8-5-2)31-26-29(27-31)21-24-30(25-22-29)23-18-15-12-9-6-3/h28H,4-27H2,1-3H3. The normalized spacial score (nSPS) is 19.4. The van der Waals surface area contributed by atoms with E-state index in [1.165, 1.54) is 155 Å². The lowest BCUT2D eigenvalue weighted by molar-refractivity contribution is -0.0732. The average Bonchev–Trinajstić information content (AvgIpc) is 2.76. The molecule has 2 heteroatoms. The molecule has 1 spiro atoms. The zero-order valence-electron chi connectivity index (χ0n) is 21.9. The first-order valence-corrected chi connectivity index (χ1v) is 14.7. The molecule has 0 aliphatic carbocycles. The molecule has 2 nitrogen and oxygen atoms in total. The summed E-state index contributed by atoms with van der Waals surface area (Å²) in [4.78, 5) is 5.69. The molecule has 2 heterocycles. The Labute approximate surface area is 196 Å². The Morgan fingerprint density at radius 2 is 1.03 bits per heavy atom. The fraction of sp³-hybridized carbons (Fsp3) is 1.00. The van der Waals surface area contributed by atoms with Gasteiger partial charge >= 0.3 is 0 Å². The lowest BCUT2D eigenvalue weighted by Crippen LogP contribution is -2.63. The van der Waals surface area contributed by atoms with E-state index >= 15 is 0 Å². The van der Waals surface area contributed by atoms with Crippen LogP contribution >= 0.6 is 0 Å². The first-order valence-electron chi connectivity index (χ1n) is 14.7. The summed E-state index contributed by atoms with van der Waals surface area (Å²) in [7, 11) is 0. The van der Waals surface area contributed by atoms with Crippen molar-refractivity contribution >= 4 is 0 Å². The fourth-order valence-corrected chi connectivity index (χ4v) is 6.06. The Bertz CT molecular complexity index is 391. The second kappa shape index (κ2) is 16.5. The van der Waals surface area contributed by atoms with Gasteiger partial charge in [0.15, 0.2) is 0 Å². The quantitative estimate of drug-likeness (QED) is 0.188. The zero-order valence-corrected chi connectivity index (χ0v) is 21.9. The molecule has 0 unspecified atom stereocenters. The van der Waals surface area contributed by atoms with Crippen LogP contribution in [0.1, 0.15) is 143 Å². The van der Waals surface area contributed by atoms with Crippen LogP contribution in [0.25, 0.3) is 0 Å². The van der Waals surface area contributed by atoms with E-state index in [0.717, 1.165) is 6.04 Å². The number of rotatable bonds is 19. The van der Waals surface area contributed by atoms with Crippen molar-refractivity contribution in [1.29, 1.82) is 0 Å². The molecular weight excluding hydrogens is 376 g/mol. The van der Waals surface area contributed by atoms with Gasteiger partial charge in [-0.05, 0) is 57.2 Å². The molecule has 31 heavy (non-hydrogen) atoms. The minimum atomic E-state index is 0.696. The lowest BCUT2D eigenvalue weighted by atomic mass is 9.71. The minimum absolute atomic E-state index is 0.696. The molecule has 0 aromatic carbocycles. The van der Waals surface area contributed by atoms with Gasteiger partial charge in [-0.15, -0.1) is 0 Å². The van der Waals surface area contributed by atoms with E-state index < -0.39 is 0 Å². The van der Waals surface area contributed by atoms with Crippen molar-refractivity contribution in [3.63, 3.8) is 0 Å². The third-order valence-electron chi connectivity index (χ3n) is 8.37. The highest BCUT2D eigenvalue weighted by atomic mass is 15.2. The van der Waals surface area contributed by atoms with Crippen LogP contribution in [0.3, 0.4) is 0 Å². The second-order valence-electron chi connectivity index (χ2n) is 11.2. The average molecular weight is 435 g/mol. The maximum absolute atomic E-state index is 2.92. The first-order chi connectivity index (χ1) is 15.2. The number of piperidine rings is 1. The van der Waals surface area contributed by atoms with E-state index in [1.807, 2.05) is 0 Å². The van der Waals surface area contributed by atoms with Gasteiger partial charge in [0, 0.05) is 19.1 Å². The Morgan fingerprint density at radius 3 is 1.52 bits per heavy atom. The van der Waals surface area contributed by atoms with E-state index in [-0.39, 0.29) is 0 Å². The van der Waals surface area contributed by atoms with Crippen LogP contribution in [-0.2, 0) is 0 Å². The number of likely N-dealkylation sites (tertiary alicyclic amines) is 2. The Kier molecular flexibility index (Phi) is 14.5. The smallest absolute Gasteiger partial charge is 0.00957 e. The van der Waals surface area contributed by atoms with E-state index in [1.54, 1.807) is 0 Å². The third-order valence-corrected chi connectivity index (χ3v) is 8.37. The summed E-state index contributed by atoms with van der Waals surface area (Å²) < 4.78 is 0. The first kappa shape index (κ1) is 27.2. The molecule has 2 rings (SSSR count). The molecule has 0 N–H and O–H groups in total. The Hall–Kier alpha value is -0.0800. The Balaban J connectivity index is 1.65. The predicted octanol–water partition coefficient (Wildman–Crippen LogP) is 8.44. The van der Waals surface area contributed by atoms with Gasteiger partial charge in [-0.2, -0.15) is 0 Å². The van der Waals surface area contributed by atoms with Gasteiger partial charge in [-0.3, -0.25) is 4.90 Å². The highest BCUT2D eigenvalue weighted by molar-refractivity contribution is 5.00. The van der Waals surface area contributed by atoms with Gasteiger partial charge in [-0.1, -0.05) is 111 Å². The summed E-state index contributed by atoms with van der Waals surface area (Å²) in [6.45, 7) is 13.9. The molecule has 0 aromatic heterocycles. The van der Waals surface area contributed by atoms with Crippen molar-refractivity contribution in [3.05, 3.63) is 0 Å². The molecule has 0 aromatic rings. The van der Waals surface area contributed by atoms with Gasteiger partial charge in [0.25, 0.3) is 0 Å². The molecule has 0 atom stereocenters. The highest BCUT2D eigenvalue weighted by Gasteiger charge is 2.46. The van der Waals surface area contributed by atoms with Gasteiger partial charge in [0.2, 0.25) is 0 Å². The van der Waals surface area contributed by atoms with Crippen LogP contribution in [0.2, 0.25) is 0 Å². The number of nitrogens with zero attached hydrogens (tertiary/aromatic N) is 2. The molecule has 2 aliphatic rings. The number of hydrogen-bond acceptors (Lipinski definition) is 2. The maximum atomic E-state index is 2.92. The largest absolute Gasteiger partial charge is 0.303 e. The van der Waals surface area contributed by atoms with Crippen LogP contribution < -0.4 is 0 Å². The molecule has 2 aliphatic heterocycles.